The van der Waals surface area contributed by atoms with Gasteiger partial charge >= 0.3 is 0 Å². The Labute approximate surface area is 93.2 Å². The Morgan fingerprint density at radius 1 is 1.25 bits per heavy atom. The number of benzene rings is 1. The molecular weight excluding hydrogens is 216 g/mol. The molecule has 3 nitrogen and oxygen atoms in total. The van der Waals surface area contributed by atoms with Crippen molar-refractivity contribution in [3.63, 3.8) is 0 Å². The molecule has 0 saturated heterocycles. The van der Waals surface area contributed by atoms with E-state index >= 15 is 0 Å². The summed E-state index contributed by atoms with van der Waals surface area (Å²) in [5.41, 5.74) is 5.88. The lowest BCUT2D eigenvalue weighted by atomic mass is 10.0. The van der Waals surface area contributed by atoms with Crippen molar-refractivity contribution in [3.8, 4) is 11.5 Å². The molecule has 5 heteroatoms. The standard InChI is InChI=1S/C11H15F2NO2/c1-15-10-5-7(9(14)3-4-12)8(13)6-11(10)16-2/h5-6,9H,3-4,14H2,1-2H3/t9-/m1/s1. The Bertz CT molecular complexity index is 358. The minimum atomic E-state index is -0.676. The third-order valence-electron chi connectivity index (χ3n) is 2.32. The highest BCUT2D eigenvalue weighted by atomic mass is 19.1. The van der Waals surface area contributed by atoms with Crippen LogP contribution < -0.4 is 15.2 Å². The molecule has 0 unspecified atom stereocenters. The first-order valence-electron chi connectivity index (χ1n) is 4.87. The number of halogens is 2. The zero-order valence-corrected chi connectivity index (χ0v) is 9.30. The van der Waals surface area contributed by atoms with Crippen LogP contribution in [0.15, 0.2) is 12.1 Å². The first kappa shape index (κ1) is 12.7. The molecule has 1 rings (SSSR count). The van der Waals surface area contributed by atoms with Crippen molar-refractivity contribution in [3.05, 3.63) is 23.5 Å². The van der Waals surface area contributed by atoms with E-state index in [1.807, 2.05) is 0 Å². The van der Waals surface area contributed by atoms with Crippen molar-refractivity contribution < 1.29 is 18.3 Å². The van der Waals surface area contributed by atoms with E-state index in [0.29, 0.717) is 5.75 Å². The Kier molecular flexibility index (Phi) is 4.49. The molecular formula is C11H15F2NO2. The van der Waals surface area contributed by atoms with Crippen molar-refractivity contribution in [1.29, 1.82) is 0 Å². The topological polar surface area (TPSA) is 44.5 Å². The normalized spacial score (nSPS) is 12.3. The van der Waals surface area contributed by atoms with Crippen LogP contribution in [0.4, 0.5) is 8.78 Å². The molecule has 0 aliphatic rings. The summed E-state index contributed by atoms with van der Waals surface area (Å²) in [4.78, 5) is 0. The monoisotopic (exact) mass is 231 g/mol. The maximum atomic E-state index is 13.6. The van der Waals surface area contributed by atoms with Crippen molar-refractivity contribution in [2.45, 2.75) is 12.5 Å². The summed E-state index contributed by atoms with van der Waals surface area (Å²) >= 11 is 0. The van der Waals surface area contributed by atoms with Crippen molar-refractivity contribution in [1.82, 2.24) is 0 Å². The summed E-state index contributed by atoms with van der Waals surface area (Å²) in [5.74, 6) is 0.156. The van der Waals surface area contributed by atoms with E-state index in [9.17, 15) is 8.78 Å². The number of hydrogen-bond acceptors (Lipinski definition) is 3. The van der Waals surface area contributed by atoms with E-state index in [1.54, 1.807) is 0 Å². The molecule has 1 aromatic rings. The second kappa shape index (κ2) is 5.65. The number of rotatable bonds is 5. The average molecular weight is 231 g/mol. The summed E-state index contributed by atoms with van der Waals surface area (Å²) in [7, 11) is 2.86. The Hall–Kier alpha value is -1.36. The summed E-state index contributed by atoms with van der Waals surface area (Å²) in [5, 5.41) is 0. The first-order valence-corrected chi connectivity index (χ1v) is 4.87. The van der Waals surface area contributed by atoms with E-state index in [-0.39, 0.29) is 17.7 Å². The largest absolute Gasteiger partial charge is 0.493 e. The summed E-state index contributed by atoms with van der Waals surface area (Å²) in [6.45, 7) is -0.588. The molecule has 90 valence electrons. The molecule has 0 aromatic heterocycles. The van der Waals surface area contributed by atoms with Crippen LogP contribution in [0, 0.1) is 5.82 Å². The van der Waals surface area contributed by atoms with Crippen LogP contribution in [0.1, 0.15) is 18.0 Å². The molecule has 16 heavy (non-hydrogen) atoms. The van der Waals surface area contributed by atoms with Crippen LogP contribution in [-0.2, 0) is 0 Å². The molecule has 0 bridgehead atoms. The van der Waals surface area contributed by atoms with Gasteiger partial charge in [0.05, 0.1) is 20.9 Å². The van der Waals surface area contributed by atoms with Gasteiger partial charge in [-0.15, -0.1) is 0 Å². The Morgan fingerprint density at radius 2 is 1.81 bits per heavy atom. The highest BCUT2D eigenvalue weighted by Gasteiger charge is 2.16. The molecule has 0 aliphatic carbocycles. The van der Waals surface area contributed by atoms with Crippen LogP contribution in [0.3, 0.4) is 0 Å². The van der Waals surface area contributed by atoms with Crippen LogP contribution in [-0.4, -0.2) is 20.9 Å². The summed E-state index contributed by atoms with van der Waals surface area (Å²) in [6.07, 6.45) is 0.0758. The minimum absolute atomic E-state index is 0.0758. The predicted octanol–water partition coefficient (Wildman–Crippen LogP) is 2.20. The van der Waals surface area contributed by atoms with Gasteiger partial charge in [-0.2, -0.15) is 0 Å². The summed E-state index contributed by atoms with van der Waals surface area (Å²) in [6, 6.07) is 1.95. The van der Waals surface area contributed by atoms with E-state index < -0.39 is 18.5 Å². The predicted molar refractivity (Wildman–Crippen MR) is 57.0 cm³/mol. The van der Waals surface area contributed by atoms with Gasteiger partial charge in [-0.25, -0.2) is 4.39 Å². The van der Waals surface area contributed by atoms with Gasteiger partial charge in [0.15, 0.2) is 11.5 Å². The number of alkyl halides is 1. The lowest BCUT2D eigenvalue weighted by Gasteiger charge is -2.14. The minimum Gasteiger partial charge on any atom is -0.493 e. The second-order valence-electron chi connectivity index (χ2n) is 3.31. The van der Waals surface area contributed by atoms with Gasteiger partial charge in [-0.3, -0.25) is 4.39 Å². The Morgan fingerprint density at radius 3 is 2.31 bits per heavy atom. The maximum Gasteiger partial charge on any atom is 0.163 e. The lowest BCUT2D eigenvalue weighted by molar-refractivity contribution is 0.350. The molecule has 0 fully saturated rings. The zero-order valence-electron chi connectivity index (χ0n) is 9.30. The fraction of sp³-hybridized carbons (Fsp3) is 0.455. The van der Waals surface area contributed by atoms with Gasteiger partial charge in [0, 0.05) is 17.7 Å². The highest BCUT2D eigenvalue weighted by molar-refractivity contribution is 5.44. The Balaban J connectivity index is 3.10. The van der Waals surface area contributed by atoms with Gasteiger partial charge < -0.3 is 15.2 Å². The lowest BCUT2D eigenvalue weighted by Crippen LogP contribution is -2.13. The van der Waals surface area contributed by atoms with Crippen LogP contribution in [0.5, 0.6) is 11.5 Å². The molecule has 0 aliphatic heterocycles. The van der Waals surface area contributed by atoms with Gasteiger partial charge in [-0.1, -0.05) is 0 Å². The third kappa shape index (κ3) is 2.61. The molecule has 1 atom stereocenters. The van der Waals surface area contributed by atoms with E-state index in [4.69, 9.17) is 15.2 Å². The first-order chi connectivity index (χ1) is 7.63. The number of ether oxygens (including phenoxy) is 2. The molecule has 1 aromatic carbocycles. The van der Waals surface area contributed by atoms with Gasteiger partial charge in [0.2, 0.25) is 0 Å². The smallest absolute Gasteiger partial charge is 0.163 e. The van der Waals surface area contributed by atoms with Crippen molar-refractivity contribution in [2.24, 2.45) is 5.73 Å². The van der Waals surface area contributed by atoms with Crippen LogP contribution >= 0.6 is 0 Å². The second-order valence-corrected chi connectivity index (χ2v) is 3.31. The van der Waals surface area contributed by atoms with E-state index in [0.717, 1.165) is 0 Å². The van der Waals surface area contributed by atoms with Crippen LogP contribution in [0.25, 0.3) is 0 Å². The third-order valence-corrected chi connectivity index (χ3v) is 2.32. The van der Waals surface area contributed by atoms with E-state index in [2.05, 4.69) is 0 Å². The fourth-order valence-corrected chi connectivity index (χ4v) is 1.43. The maximum absolute atomic E-state index is 13.6. The van der Waals surface area contributed by atoms with Gasteiger partial charge in [0.1, 0.15) is 5.82 Å². The van der Waals surface area contributed by atoms with Gasteiger partial charge in [0.25, 0.3) is 0 Å². The number of nitrogens with two attached hydrogens (primary N) is 1. The zero-order chi connectivity index (χ0) is 12.1. The molecule has 0 radical (unpaired) electrons. The quantitative estimate of drug-likeness (QED) is 0.844. The molecule has 0 saturated carbocycles. The van der Waals surface area contributed by atoms with Gasteiger partial charge in [-0.05, 0) is 12.5 Å². The van der Waals surface area contributed by atoms with Crippen molar-refractivity contribution in [2.75, 3.05) is 20.9 Å². The number of methoxy groups -OCH3 is 2. The summed E-state index contributed by atoms with van der Waals surface area (Å²) < 4.78 is 35.7. The van der Waals surface area contributed by atoms with Crippen LogP contribution in [0.2, 0.25) is 0 Å². The average Bonchev–Trinajstić information content (AvgIpc) is 2.28. The fourth-order valence-electron chi connectivity index (χ4n) is 1.43. The SMILES string of the molecule is COc1cc(F)c([C@H](N)CCF)cc1OC. The molecule has 2 N–H and O–H groups in total. The molecule has 0 spiro atoms. The number of hydrogen-bond donors (Lipinski definition) is 1. The van der Waals surface area contributed by atoms with Crippen molar-refractivity contribution >= 4 is 0 Å². The highest BCUT2D eigenvalue weighted by Crippen LogP contribution is 2.32. The molecule has 0 heterocycles. The molecule has 0 amide bonds. The van der Waals surface area contributed by atoms with E-state index in [1.165, 1.54) is 26.4 Å².